The zero-order valence-electron chi connectivity index (χ0n) is 10.2. The quantitative estimate of drug-likeness (QED) is 0.871. The zero-order valence-corrected chi connectivity index (χ0v) is 10.2. The van der Waals surface area contributed by atoms with Gasteiger partial charge in [-0.2, -0.15) is 0 Å². The normalized spacial score (nSPS) is 10.2. The Bertz CT molecular complexity index is 619. The molecule has 0 bridgehead atoms. The van der Waals surface area contributed by atoms with E-state index in [2.05, 4.69) is 10.3 Å². The number of carbonyl (C=O) groups excluding carboxylic acids is 1. The molecule has 2 rings (SSSR count). The molecule has 0 unspecified atom stereocenters. The lowest BCUT2D eigenvalue weighted by molar-refractivity contribution is 0.0688. The number of rotatable bonds is 4. The molecule has 2 aromatic rings. The molecular formula is C13H12N2O4. The van der Waals surface area contributed by atoms with E-state index in [0.717, 1.165) is 11.1 Å². The van der Waals surface area contributed by atoms with Gasteiger partial charge in [-0.1, -0.05) is 0 Å². The summed E-state index contributed by atoms with van der Waals surface area (Å²) < 4.78 is 4.90. The number of amides is 1. The Labute approximate surface area is 109 Å². The van der Waals surface area contributed by atoms with Gasteiger partial charge in [0.15, 0.2) is 0 Å². The molecule has 0 aliphatic rings. The predicted molar refractivity (Wildman–Crippen MR) is 65.8 cm³/mol. The van der Waals surface area contributed by atoms with Crippen LogP contribution in [0.15, 0.2) is 35.2 Å². The number of aromatic nitrogens is 1. The van der Waals surface area contributed by atoms with Gasteiger partial charge in [-0.3, -0.25) is 9.78 Å². The highest BCUT2D eigenvalue weighted by molar-refractivity contribution is 6.02. The number of nitrogens with one attached hydrogen (secondary N) is 1. The summed E-state index contributed by atoms with van der Waals surface area (Å²) >= 11 is 0. The first-order valence-corrected chi connectivity index (χ1v) is 5.58. The Balaban J connectivity index is 2.08. The molecule has 2 aromatic heterocycles. The number of aromatic carboxylic acids is 1. The minimum absolute atomic E-state index is 0.149. The molecule has 0 atom stereocenters. The molecule has 6 heteroatoms. The first-order chi connectivity index (χ1) is 9.09. The van der Waals surface area contributed by atoms with Crippen molar-refractivity contribution in [3.63, 3.8) is 0 Å². The average molecular weight is 260 g/mol. The van der Waals surface area contributed by atoms with Crippen molar-refractivity contribution in [2.75, 3.05) is 0 Å². The number of carbonyl (C=O) groups is 2. The zero-order chi connectivity index (χ0) is 13.8. The first kappa shape index (κ1) is 12.8. The summed E-state index contributed by atoms with van der Waals surface area (Å²) in [4.78, 5) is 26.6. The number of furan rings is 1. The van der Waals surface area contributed by atoms with Crippen LogP contribution in [0.25, 0.3) is 0 Å². The van der Waals surface area contributed by atoms with E-state index < -0.39 is 11.9 Å². The smallest absolute Gasteiger partial charge is 0.339 e. The highest BCUT2D eigenvalue weighted by atomic mass is 16.4. The van der Waals surface area contributed by atoms with E-state index in [1.807, 2.05) is 6.92 Å². The van der Waals surface area contributed by atoms with Gasteiger partial charge in [-0.15, -0.1) is 0 Å². The van der Waals surface area contributed by atoms with Gasteiger partial charge in [0.1, 0.15) is 5.56 Å². The third kappa shape index (κ3) is 2.79. The van der Waals surface area contributed by atoms with Crippen molar-refractivity contribution in [2.24, 2.45) is 0 Å². The van der Waals surface area contributed by atoms with Crippen molar-refractivity contribution in [1.29, 1.82) is 0 Å². The van der Waals surface area contributed by atoms with Crippen LogP contribution < -0.4 is 5.32 Å². The maximum atomic E-state index is 11.8. The van der Waals surface area contributed by atoms with Crippen LogP contribution in [0, 0.1) is 6.92 Å². The lowest BCUT2D eigenvalue weighted by atomic mass is 10.1. The highest BCUT2D eigenvalue weighted by Gasteiger charge is 2.19. The summed E-state index contributed by atoms with van der Waals surface area (Å²) in [6, 6.07) is 3.03. The highest BCUT2D eigenvalue weighted by Crippen LogP contribution is 2.11. The number of pyridine rings is 1. The van der Waals surface area contributed by atoms with Gasteiger partial charge < -0.3 is 14.8 Å². The summed E-state index contributed by atoms with van der Waals surface area (Å²) in [5, 5.41) is 11.5. The molecule has 0 aliphatic carbocycles. The molecule has 19 heavy (non-hydrogen) atoms. The Morgan fingerprint density at radius 2 is 2.21 bits per heavy atom. The third-order valence-electron chi connectivity index (χ3n) is 2.68. The van der Waals surface area contributed by atoms with Crippen molar-refractivity contribution in [2.45, 2.75) is 13.5 Å². The van der Waals surface area contributed by atoms with Crippen LogP contribution >= 0.6 is 0 Å². The van der Waals surface area contributed by atoms with Gasteiger partial charge in [0.2, 0.25) is 5.76 Å². The van der Waals surface area contributed by atoms with E-state index in [1.54, 1.807) is 18.5 Å². The van der Waals surface area contributed by atoms with Crippen molar-refractivity contribution >= 4 is 11.9 Å². The van der Waals surface area contributed by atoms with Crippen LogP contribution in [-0.4, -0.2) is 22.0 Å². The molecule has 0 radical (unpaired) electrons. The van der Waals surface area contributed by atoms with Crippen molar-refractivity contribution in [3.8, 4) is 0 Å². The number of carboxylic acid groups (broad SMARTS) is 1. The molecule has 0 saturated heterocycles. The van der Waals surface area contributed by atoms with Crippen molar-refractivity contribution in [3.05, 3.63) is 53.2 Å². The molecule has 0 aromatic carbocycles. The van der Waals surface area contributed by atoms with Crippen LogP contribution in [-0.2, 0) is 6.54 Å². The number of aryl methyl sites for hydroxylation is 1. The Morgan fingerprint density at radius 3 is 2.89 bits per heavy atom. The topological polar surface area (TPSA) is 92.4 Å². The number of hydrogen-bond acceptors (Lipinski definition) is 4. The van der Waals surface area contributed by atoms with Gasteiger partial charge in [-0.05, 0) is 30.2 Å². The fraction of sp³-hybridized carbons (Fsp3) is 0.154. The van der Waals surface area contributed by atoms with Crippen molar-refractivity contribution < 1.29 is 19.1 Å². The van der Waals surface area contributed by atoms with Crippen LogP contribution in [0.4, 0.5) is 0 Å². The molecule has 0 spiro atoms. The maximum absolute atomic E-state index is 11.8. The van der Waals surface area contributed by atoms with E-state index in [-0.39, 0.29) is 17.9 Å². The van der Waals surface area contributed by atoms with Crippen LogP contribution in [0.3, 0.4) is 0 Å². The standard InChI is InChI=1S/C13H12N2O4/c1-8-6-14-4-2-9(8)7-15-12(16)11-10(13(17)18)3-5-19-11/h2-6H,7H2,1H3,(H,15,16)(H,17,18). The molecule has 0 saturated carbocycles. The minimum Gasteiger partial charge on any atom is -0.478 e. The van der Waals surface area contributed by atoms with Gasteiger partial charge in [0, 0.05) is 18.9 Å². The van der Waals surface area contributed by atoms with E-state index >= 15 is 0 Å². The largest absolute Gasteiger partial charge is 0.478 e. The first-order valence-electron chi connectivity index (χ1n) is 5.58. The molecule has 2 N–H and O–H groups in total. The van der Waals surface area contributed by atoms with Crippen LogP contribution in [0.2, 0.25) is 0 Å². The van der Waals surface area contributed by atoms with Gasteiger partial charge in [0.05, 0.1) is 6.26 Å². The SMILES string of the molecule is Cc1cnccc1CNC(=O)c1occc1C(=O)O. The molecule has 98 valence electrons. The summed E-state index contributed by atoms with van der Waals surface area (Å²) in [5.74, 6) is -1.95. The summed E-state index contributed by atoms with van der Waals surface area (Å²) in [6.45, 7) is 2.16. The molecule has 2 heterocycles. The molecule has 6 nitrogen and oxygen atoms in total. The molecular weight excluding hydrogens is 248 g/mol. The third-order valence-corrected chi connectivity index (χ3v) is 2.68. The van der Waals surface area contributed by atoms with E-state index in [1.165, 1.54) is 12.3 Å². The molecule has 1 amide bonds. The maximum Gasteiger partial charge on any atom is 0.339 e. The summed E-state index contributed by atoms with van der Waals surface area (Å²) in [7, 11) is 0. The second-order valence-electron chi connectivity index (χ2n) is 3.95. The second-order valence-corrected chi connectivity index (χ2v) is 3.95. The van der Waals surface area contributed by atoms with Gasteiger partial charge in [0.25, 0.3) is 5.91 Å². The molecule has 0 fully saturated rings. The lowest BCUT2D eigenvalue weighted by Crippen LogP contribution is -2.24. The Morgan fingerprint density at radius 1 is 1.42 bits per heavy atom. The predicted octanol–water partition coefficient (Wildman–Crippen LogP) is 1.61. The summed E-state index contributed by atoms with van der Waals surface area (Å²) in [5.41, 5.74) is 1.71. The lowest BCUT2D eigenvalue weighted by Gasteiger charge is -2.06. The number of carboxylic acids is 1. The van der Waals surface area contributed by atoms with Crippen LogP contribution in [0.5, 0.6) is 0 Å². The fourth-order valence-electron chi connectivity index (χ4n) is 1.61. The Kier molecular flexibility index (Phi) is 3.61. The van der Waals surface area contributed by atoms with E-state index in [0.29, 0.717) is 0 Å². The van der Waals surface area contributed by atoms with Gasteiger partial charge >= 0.3 is 5.97 Å². The Hall–Kier alpha value is -2.63. The average Bonchev–Trinajstić information content (AvgIpc) is 2.87. The second kappa shape index (κ2) is 5.34. The number of hydrogen-bond donors (Lipinski definition) is 2. The monoisotopic (exact) mass is 260 g/mol. The fourth-order valence-corrected chi connectivity index (χ4v) is 1.61. The van der Waals surface area contributed by atoms with E-state index in [4.69, 9.17) is 9.52 Å². The van der Waals surface area contributed by atoms with Crippen LogP contribution in [0.1, 0.15) is 32.0 Å². The van der Waals surface area contributed by atoms with Gasteiger partial charge in [-0.25, -0.2) is 4.79 Å². The summed E-state index contributed by atoms with van der Waals surface area (Å²) in [6.07, 6.45) is 4.50. The number of nitrogens with zero attached hydrogens (tertiary/aromatic N) is 1. The minimum atomic E-state index is -1.20. The van der Waals surface area contributed by atoms with E-state index in [9.17, 15) is 9.59 Å². The molecule has 0 aliphatic heterocycles. The van der Waals surface area contributed by atoms with Crippen molar-refractivity contribution in [1.82, 2.24) is 10.3 Å².